The average molecular weight is 885 g/mol. The van der Waals surface area contributed by atoms with Crippen molar-refractivity contribution in [1.82, 2.24) is 5.32 Å². The summed E-state index contributed by atoms with van der Waals surface area (Å²) in [6.07, 6.45) is 11.0. The summed E-state index contributed by atoms with van der Waals surface area (Å²) in [6, 6.07) is 35.8. The number of nitrogens with two attached hydrogens (primary N) is 1. The van der Waals surface area contributed by atoms with Gasteiger partial charge in [-0.2, -0.15) is 0 Å². The monoisotopic (exact) mass is 884 g/mol. The van der Waals surface area contributed by atoms with Gasteiger partial charge in [-0.05, 0) is 87.7 Å². The second-order valence-electron chi connectivity index (χ2n) is 10.3. The quantitative estimate of drug-likeness (QED) is 0.115. The normalized spacial score (nSPS) is 13.5. The molecule has 1 aliphatic carbocycles. The smallest absolute Gasteiger partial charge is 0.0447 e. The Bertz CT molecular complexity index is 1630. The molecule has 1 aliphatic heterocycles. The van der Waals surface area contributed by atoms with E-state index in [1.807, 2.05) is 40.7 Å². The molecular formula is C43H51N2UV-. The van der Waals surface area contributed by atoms with E-state index in [4.69, 9.17) is 5.73 Å². The van der Waals surface area contributed by atoms with Crippen molar-refractivity contribution in [2.24, 2.45) is 5.73 Å². The van der Waals surface area contributed by atoms with E-state index in [1.54, 1.807) is 6.08 Å². The molecule has 47 heavy (non-hydrogen) atoms. The van der Waals surface area contributed by atoms with Crippen LogP contribution >= 0.6 is 0 Å². The number of rotatable bonds is 6. The number of nitrogens with one attached hydrogen (secondary N) is 1. The molecule has 1 heterocycles. The second kappa shape index (κ2) is 23.3. The fourth-order valence-corrected chi connectivity index (χ4v) is 4.71. The SMILES string of the molecule is C=CC(=C)C.CC.CC.NC1=CCC=CC(c2cccc(-c3ccc(-c4cccc(-c5cccc(C6CN6)c5)c4)cc3)c2)=C1.[CH3-].[U].[V]. The molecule has 1 saturated heterocycles. The van der Waals surface area contributed by atoms with Crippen LogP contribution in [0.15, 0.2) is 152 Å². The first-order valence-electron chi connectivity index (χ1n) is 15.8. The Kier molecular flexibility index (Phi) is 21.8. The molecular weight excluding hydrogens is 833 g/mol. The van der Waals surface area contributed by atoms with Crippen molar-refractivity contribution in [1.29, 1.82) is 0 Å². The van der Waals surface area contributed by atoms with Crippen LogP contribution in [0, 0.1) is 38.5 Å². The first-order valence-corrected chi connectivity index (χ1v) is 15.8. The molecule has 4 aromatic rings. The summed E-state index contributed by atoms with van der Waals surface area (Å²) in [5, 5.41) is 3.40. The predicted molar refractivity (Wildman–Crippen MR) is 202 cm³/mol. The first-order chi connectivity index (χ1) is 21.5. The van der Waals surface area contributed by atoms with Gasteiger partial charge in [0.25, 0.3) is 0 Å². The Morgan fingerprint density at radius 1 is 0.745 bits per heavy atom. The molecule has 4 heteroatoms. The molecule has 1 atom stereocenters. The summed E-state index contributed by atoms with van der Waals surface area (Å²) in [5.41, 5.74) is 19.0. The Morgan fingerprint density at radius 2 is 1.17 bits per heavy atom. The van der Waals surface area contributed by atoms with Gasteiger partial charge in [0.2, 0.25) is 0 Å². The number of hydrogen-bond donors (Lipinski definition) is 2. The van der Waals surface area contributed by atoms with Crippen LogP contribution in [0.5, 0.6) is 0 Å². The minimum atomic E-state index is 0. The van der Waals surface area contributed by atoms with Crippen LogP contribution < -0.4 is 11.1 Å². The molecule has 1 fully saturated rings. The summed E-state index contributed by atoms with van der Waals surface area (Å²) in [6.45, 7) is 18.0. The summed E-state index contributed by atoms with van der Waals surface area (Å²) < 4.78 is 0. The predicted octanol–water partition coefficient (Wildman–Crippen LogP) is 11.8. The van der Waals surface area contributed by atoms with Crippen LogP contribution in [-0.4, -0.2) is 6.54 Å². The van der Waals surface area contributed by atoms with Crippen LogP contribution in [0.2, 0.25) is 0 Å². The zero-order chi connectivity index (χ0) is 31.9. The fourth-order valence-electron chi connectivity index (χ4n) is 4.71. The summed E-state index contributed by atoms with van der Waals surface area (Å²) in [5.74, 6) is 0. The zero-order valence-corrected chi connectivity index (χ0v) is 34.6. The van der Waals surface area contributed by atoms with Gasteiger partial charge < -0.3 is 18.5 Å². The van der Waals surface area contributed by atoms with Gasteiger partial charge in [-0.3, -0.25) is 0 Å². The molecule has 2 aliphatic rings. The Hall–Kier alpha value is -3.02. The maximum absolute atomic E-state index is 6.10. The van der Waals surface area contributed by atoms with Crippen LogP contribution in [0.1, 0.15) is 58.2 Å². The Morgan fingerprint density at radius 3 is 1.66 bits per heavy atom. The average Bonchev–Trinajstić information content (AvgIpc) is 3.96. The molecule has 6 rings (SSSR count). The van der Waals surface area contributed by atoms with E-state index < -0.39 is 0 Å². The maximum atomic E-state index is 6.10. The molecule has 2 nitrogen and oxygen atoms in total. The molecule has 243 valence electrons. The van der Waals surface area contributed by atoms with Gasteiger partial charge in [0, 0.05) is 68.0 Å². The van der Waals surface area contributed by atoms with Gasteiger partial charge in [-0.1, -0.05) is 150 Å². The van der Waals surface area contributed by atoms with Crippen molar-refractivity contribution in [3.63, 3.8) is 0 Å². The third-order valence-electron chi connectivity index (χ3n) is 7.10. The maximum Gasteiger partial charge on any atom is 0.0447 e. The van der Waals surface area contributed by atoms with Crippen LogP contribution in [0.3, 0.4) is 0 Å². The minimum absolute atomic E-state index is 0. The topological polar surface area (TPSA) is 48.0 Å². The van der Waals surface area contributed by atoms with Crippen molar-refractivity contribution < 1.29 is 49.7 Å². The third-order valence-corrected chi connectivity index (χ3v) is 7.10. The summed E-state index contributed by atoms with van der Waals surface area (Å²) >= 11 is 0. The van der Waals surface area contributed by atoms with E-state index in [0.717, 1.165) is 29.8 Å². The second-order valence-corrected chi connectivity index (χ2v) is 10.3. The minimum Gasteiger partial charge on any atom is -0.399 e. The van der Waals surface area contributed by atoms with E-state index in [2.05, 4.69) is 134 Å². The summed E-state index contributed by atoms with van der Waals surface area (Å²) in [4.78, 5) is 0. The van der Waals surface area contributed by atoms with Crippen molar-refractivity contribution in [3.8, 4) is 33.4 Å². The Balaban J connectivity index is 0.00000160. The molecule has 0 aromatic heterocycles. The van der Waals surface area contributed by atoms with Gasteiger partial charge in [-0.15, -0.1) is 0 Å². The van der Waals surface area contributed by atoms with Crippen LogP contribution in [0.25, 0.3) is 39.0 Å². The molecule has 1 unspecified atom stereocenters. The molecule has 0 spiro atoms. The van der Waals surface area contributed by atoms with Gasteiger partial charge in [0.1, 0.15) is 0 Å². The number of allylic oxidation sites excluding steroid dienone is 7. The van der Waals surface area contributed by atoms with Crippen LogP contribution in [0.4, 0.5) is 0 Å². The van der Waals surface area contributed by atoms with Crippen molar-refractivity contribution in [3.05, 3.63) is 170 Å². The van der Waals surface area contributed by atoms with Crippen molar-refractivity contribution >= 4 is 5.57 Å². The van der Waals surface area contributed by atoms with E-state index in [9.17, 15) is 0 Å². The van der Waals surface area contributed by atoms with Crippen LogP contribution in [-0.2, 0) is 18.6 Å². The molecule has 0 bridgehead atoms. The van der Waals surface area contributed by atoms with E-state index in [0.29, 0.717) is 6.04 Å². The van der Waals surface area contributed by atoms with E-state index in [-0.39, 0.29) is 57.1 Å². The van der Waals surface area contributed by atoms with Crippen molar-refractivity contribution in [2.75, 3.05) is 6.54 Å². The molecule has 3 N–H and O–H groups in total. The molecule has 4 aromatic carbocycles. The molecule has 0 amide bonds. The van der Waals surface area contributed by atoms with Gasteiger partial charge in [0.05, 0.1) is 0 Å². The van der Waals surface area contributed by atoms with Gasteiger partial charge in [-0.25, -0.2) is 0 Å². The number of benzene rings is 4. The zero-order valence-electron chi connectivity index (χ0n) is 29.1. The first kappa shape index (κ1) is 44.0. The fraction of sp³-hybridized carbons (Fsp3) is 0.186. The van der Waals surface area contributed by atoms with Gasteiger partial charge >= 0.3 is 0 Å². The standard InChI is InChI=1S/C33H28N2.C5H8.2C2H6.CH3.U.V/c34-32-13-2-1-6-30(21-32)28-10-4-8-26(19-28)24-16-14-23(15-17-24)25-7-3-9-27(18-25)29-11-5-12-31(20-29)33-22-35-33;1-4-5(2)3;2*1-2;;;/h1,3-21,33,35H,2,22,34H2;4H,1-2H2,3H3;2*1-2H3;1H3;;/q;;;;-1;;. The number of hydrogen-bond acceptors (Lipinski definition) is 2. The van der Waals surface area contributed by atoms with Gasteiger partial charge in [0.15, 0.2) is 0 Å². The van der Waals surface area contributed by atoms with Crippen molar-refractivity contribution in [2.45, 2.75) is 47.1 Å². The molecule has 1 radical (unpaired) electrons. The van der Waals surface area contributed by atoms with E-state index in [1.165, 1.54) is 44.5 Å². The third kappa shape index (κ3) is 13.5. The molecule has 0 saturated carbocycles. The summed E-state index contributed by atoms with van der Waals surface area (Å²) in [7, 11) is 0. The largest absolute Gasteiger partial charge is 0.399 e. The van der Waals surface area contributed by atoms with E-state index >= 15 is 0 Å². The Labute approximate surface area is 321 Å².